The molecule has 116 valence electrons. The molecule has 1 aromatic heterocycles. The molecule has 0 aliphatic carbocycles. The molecule has 6 nitrogen and oxygen atoms in total. The lowest BCUT2D eigenvalue weighted by Crippen LogP contribution is -2.40. The van der Waals surface area contributed by atoms with Crippen LogP contribution in [0.15, 0.2) is 5.16 Å². The van der Waals surface area contributed by atoms with E-state index in [9.17, 15) is 4.79 Å². The van der Waals surface area contributed by atoms with E-state index in [1.165, 1.54) is 11.8 Å². The van der Waals surface area contributed by atoms with Gasteiger partial charge in [-0.2, -0.15) is 4.98 Å². The lowest BCUT2D eigenvalue weighted by atomic mass is 10.1. The molecule has 1 aliphatic rings. The highest BCUT2D eigenvalue weighted by atomic mass is 127. The molecule has 1 aliphatic heterocycles. The zero-order chi connectivity index (χ0) is 15.6. The SMILES string of the molecule is CSc1nc2c(c(OI)n1)CCN(C(=O)OC(C)(C)C)C2. The van der Waals surface area contributed by atoms with Gasteiger partial charge < -0.3 is 12.7 Å². The van der Waals surface area contributed by atoms with Crippen LogP contribution in [-0.2, 0) is 17.7 Å². The fraction of sp³-hybridized carbons (Fsp3) is 0.615. The molecule has 0 fully saturated rings. The quantitative estimate of drug-likeness (QED) is 0.414. The van der Waals surface area contributed by atoms with Crippen molar-refractivity contribution < 1.29 is 12.6 Å². The number of halogens is 1. The first-order chi connectivity index (χ1) is 9.84. The highest BCUT2D eigenvalue weighted by Gasteiger charge is 2.29. The van der Waals surface area contributed by atoms with Crippen molar-refractivity contribution in [2.24, 2.45) is 0 Å². The molecule has 0 unspecified atom stereocenters. The summed E-state index contributed by atoms with van der Waals surface area (Å²) in [5, 5.41) is 0.645. The van der Waals surface area contributed by atoms with Crippen LogP contribution in [0.25, 0.3) is 0 Å². The van der Waals surface area contributed by atoms with E-state index >= 15 is 0 Å². The largest absolute Gasteiger partial charge is 0.444 e. The molecule has 8 heteroatoms. The predicted octanol–water partition coefficient (Wildman–Crippen LogP) is 3.22. The maximum atomic E-state index is 12.2. The number of hydrogen-bond acceptors (Lipinski definition) is 6. The second-order valence-corrected chi connectivity index (χ2v) is 6.88. The molecule has 2 rings (SSSR count). The molecule has 0 aromatic carbocycles. The number of aromatic nitrogens is 2. The van der Waals surface area contributed by atoms with Crippen molar-refractivity contribution in [3.8, 4) is 5.88 Å². The number of thioether (sulfide) groups is 1. The van der Waals surface area contributed by atoms with E-state index in [1.807, 2.05) is 50.0 Å². The average molecular weight is 423 g/mol. The third-order valence-corrected chi connectivity index (χ3v) is 3.88. The molecule has 0 radical (unpaired) electrons. The maximum Gasteiger partial charge on any atom is 0.410 e. The molecule has 0 saturated heterocycles. The zero-order valence-electron chi connectivity index (χ0n) is 12.5. The van der Waals surface area contributed by atoms with Gasteiger partial charge in [-0.1, -0.05) is 11.8 Å². The van der Waals surface area contributed by atoms with Gasteiger partial charge in [-0.05, 0) is 33.4 Å². The van der Waals surface area contributed by atoms with Crippen LogP contribution in [0.3, 0.4) is 0 Å². The fourth-order valence-corrected chi connectivity index (χ4v) is 2.75. The van der Waals surface area contributed by atoms with Crippen molar-refractivity contribution in [2.45, 2.75) is 44.5 Å². The van der Waals surface area contributed by atoms with Crippen LogP contribution in [0.5, 0.6) is 5.88 Å². The Morgan fingerprint density at radius 2 is 2.10 bits per heavy atom. The Morgan fingerprint density at radius 1 is 1.38 bits per heavy atom. The minimum absolute atomic E-state index is 0.311. The normalized spacial score (nSPS) is 14.6. The summed E-state index contributed by atoms with van der Waals surface area (Å²) in [6.45, 7) is 6.58. The lowest BCUT2D eigenvalue weighted by molar-refractivity contribution is 0.0219. The van der Waals surface area contributed by atoms with Crippen LogP contribution in [0.1, 0.15) is 32.0 Å². The Kier molecular flexibility index (Phi) is 5.18. The maximum absolute atomic E-state index is 12.2. The van der Waals surface area contributed by atoms with Gasteiger partial charge in [-0.25, -0.2) is 9.78 Å². The Hall–Kier alpha value is -0.770. The number of amides is 1. The van der Waals surface area contributed by atoms with Gasteiger partial charge in [0, 0.05) is 12.1 Å². The van der Waals surface area contributed by atoms with E-state index in [4.69, 9.17) is 7.80 Å². The number of carbonyl (C=O) groups is 1. The van der Waals surface area contributed by atoms with Gasteiger partial charge >= 0.3 is 6.09 Å². The van der Waals surface area contributed by atoms with Gasteiger partial charge in [0.25, 0.3) is 0 Å². The van der Waals surface area contributed by atoms with E-state index in [2.05, 4.69) is 9.97 Å². The molecule has 0 N–H and O–H groups in total. The van der Waals surface area contributed by atoms with Crippen LogP contribution >= 0.6 is 34.8 Å². The standard InChI is InChI=1S/C13H18IN3O3S/c1-13(2,3)19-12(18)17-6-5-8-9(7-17)15-11(21-4)16-10(8)20-14/h5-7H2,1-4H3. The molecule has 21 heavy (non-hydrogen) atoms. The van der Waals surface area contributed by atoms with Crippen molar-refractivity contribution >= 4 is 40.9 Å². The molecule has 1 aromatic rings. The topological polar surface area (TPSA) is 64.6 Å². The first-order valence-corrected chi connectivity index (χ1v) is 8.65. The van der Waals surface area contributed by atoms with Crippen LogP contribution < -0.4 is 3.07 Å². The Labute approximate surface area is 142 Å². The summed E-state index contributed by atoms with van der Waals surface area (Å²) in [6.07, 6.45) is 2.27. The highest BCUT2D eigenvalue weighted by Crippen LogP contribution is 2.29. The van der Waals surface area contributed by atoms with Gasteiger partial charge in [0.2, 0.25) is 5.88 Å². The van der Waals surface area contributed by atoms with Crippen molar-refractivity contribution in [3.05, 3.63) is 11.3 Å². The Morgan fingerprint density at radius 3 is 2.67 bits per heavy atom. The first-order valence-electron chi connectivity index (χ1n) is 6.54. The van der Waals surface area contributed by atoms with Crippen LogP contribution in [0.2, 0.25) is 0 Å². The monoisotopic (exact) mass is 423 g/mol. The lowest BCUT2D eigenvalue weighted by Gasteiger charge is -2.30. The van der Waals surface area contributed by atoms with Crippen LogP contribution in [0.4, 0.5) is 4.79 Å². The predicted molar refractivity (Wildman–Crippen MR) is 88.8 cm³/mol. The highest BCUT2D eigenvalue weighted by molar-refractivity contribution is 14.1. The molecule has 0 atom stereocenters. The number of nitrogens with zero attached hydrogens (tertiary/aromatic N) is 3. The van der Waals surface area contributed by atoms with E-state index in [1.54, 1.807) is 4.90 Å². The summed E-state index contributed by atoms with van der Waals surface area (Å²) in [6, 6.07) is 0. The summed E-state index contributed by atoms with van der Waals surface area (Å²) in [7, 11) is 0. The minimum atomic E-state index is -0.496. The number of rotatable bonds is 2. The number of hydrogen-bond donors (Lipinski definition) is 0. The third-order valence-electron chi connectivity index (χ3n) is 2.91. The molecular formula is C13H18IN3O3S. The third kappa shape index (κ3) is 4.12. The fourth-order valence-electron chi connectivity index (χ4n) is 2.01. The molecule has 1 amide bonds. The number of carbonyl (C=O) groups excluding carboxylic acids is 1. The Bertz CT molecular complexity index is 548. The van der Waals surface area contributed by atoms with Gasteiger partial charge in [-0.3, -0.25) is 0 Å². The van der Waals surface area contributed by atoms with E-state index in [0.29, 0.717) is 30.5 Å². The first kappa shape index (κ1) is 16.6. The molecule has 0 saturated carbocycles. The summed E-state index contributed by atoms with van der Waals surface area (Å²) in [5.41, 5.74) is 1.31. The summed E-state index contributed by atoms with van der Waals surface area (Å²) in [4.78, 5) is 22.7. The zero-order valence-corrected chi connectivity index (χ0v) is 15.4. The van der Waals surface area contributed by atoms with Crippen LogP contribution in [-0.4, -0.2) is 39.4 Å². The van der Waals surface area contributed by atoms with Crippen molar-refractivity contribution in [1.29, 1.82) is 0 Å². The minimum Gasteiger partial charge on any atom is -0.444 e. The van der Waals surface area contributed by atoms with Crippen molar-refractivity contribution in [3.63, 3.8) is 0 Å². The summed E-state index contributed by atoms with van der Waals surface area (Å²) in [5.74, 6) is 0.591. The smallest absolute Gasteiger partial charge is 0.410 e. The van der Waals surface area contributed by atoms with Crippen LogP contribution in [0, 0.1) is 0 Å². The second-order valence-electron chi connectivity index (χ2n) is 5.67. The molecular weight excluding hydrogens is 405 g/mol. The summed E-state index contributed by atoms with van der Waals surface area (Å²) >= 11 is 3.27. The van der Waals surface area contributed by atoms with Gasteiger partial charge in [0.05, 0.1) is 12.2 Å². The summed E-state index contributed by atoms with van der Waals surface area (Å²) < 4.78 is 10.7. The molecule has 0 spiro atoms. The van der Waals surface area contributed by atoms with Crippen molar-refractivity contribution in [2.75, 3.05) is 12.8 Å². The van der Waals surface area contributed by atoms with Gasteiger partial charge in [0.15, 0.2) is 28.2 Å². The van der Waals surface area contributed by atoms with E-state index < -0.39 is 5.60 Å². The second kappa shape index (κ2) is 6.55. The van der Waals surface area contributed by atoms with E-state index in [-0.39, 0.29) is 6.09 Å². The van der Waals surface area contributed by atoms with Crippen molar-refractivity contribution in [1.82, 2.24) is 14.9 Å². The van der Waals surface area contributed by atoms with Gasteiger partial charge in [0.1, 0.15) is 5.60 Å². The average Bonchev–Trinajstić information content (AvgIpc) is 2.43. The molecule has 0 bridgehead atoms. The number of fused-ring (bicyclic) bond motifs is 1. The number of ether oxygens (including phenoxy) is 1. The van der Waals surface area contributed by atoms with E-state index in [0.717, 1.165) is 11.3 Å². The van der Waals surface area contributed by atoms with Gasteiger partial charge in [-0.15, -0.1) is 0 Å². The molecule has 2 heterocycles. The Balaban J connectivity index is 2.21.